The number of amides is 5. The van der Waals surface area contributed by atoms with E-state index in [2.05, 4.69) is 168 Å². The molecule has 5 amide bonds. The summed E-state index contributed by atoms with van der Waals surface area (Å²) >= 11 is 30.4. The molecule has 15 aromatic rings. The molecular weight excluding hydrogens is 1960 g/mol. The Kier molecular flexibility index (Phi) is 31.8. The van der Waals surface area contributed by atoms with Crippen LogP contribution >= 0.6 is 74.1 Å². The molecule has 0 aliphatic carbocycles. The van der Waals surface area contributed by atoms with Gasteiger partial charge in [0.2, 0.25) is 5.95 Å². The number of likely N-dealkylation sites (N-methyl/N-ethyl adjacent to an activating group) is 1. The third-order valence-corrected chi connectivity index (χ3v) is 29.8. The average Bonchev–Trinajstić information content (AvgIpc) is 1.60. The summed E-state index contributed by atoms with van der Waals surface area (Å²) in [5.74, 6) is 3.05. The molecule has 7 aromatic heterocycles. The van der Waals surface area contributed by atoms with E-state index in [1.165, 1.54) is 78.6 Å². The zero-order valence-corrected chi connectivity index (χ0v) is 86.2. The van der Waals surface area contributed by atoms with Crippen LogP contribution in [0.15, 0.2) is 199 Å². The molecule has 33 heteroatoms. The molecule has 0 bridgehead atoms. The number of benzene rings is 8. The van der Waals surface area contributed by atoms with E-state index in [0.717, 1.165) is 170 Å². The van der Waals surface area contributed by atoms with Crippen LogP contribution in [-0.4, -0.2) is 224 Å². The molecule has 2 fully saturated rings. The number of piperazine rings is 1. The second-order valence-electron chi connectivity index (χ2n) is 36.7. The fourth-order valence-electron chi connectivity index (χ4n) is 20.7. The first-order chi connectivity index (χ1) is 69.0. The first-order valence-electron chi connectivity index (χ1n) is 48.8. The molecule has 8 N–H and O–H groups in total. The van der Waals surface area contributed by atoms with Crippen molar-refractivity contribution in [3.63, 3.8) is 0 Å². The number of anilines is 2. The highest BCUT2D eigenvalue weighted by Crippen LogP contribution is 2.47. The molecule has 6 atom stereocenters. The first kappa shape index (κ1) is 100.0. The molecular formula is C109H117BrCl4N18O9S. The molecule has 8 aromatic carbocycles. The van der Waals surface area contributed by atoms with E-state index >= 15 is 0 Å². The topological polar surface area (TPSA) is 308 Å². The molecule has 0 saturated carbocycles. The monoisotopic (exact) mass is 2070 g/mol. The number of H-pyrrole nitrogens is 5. The average molecular weight is 2080 g/mol. The molecule has 7 aliphatic heterocycles. The van der Waals surface area contributed by atoms with Crippen LogP contribution in [-0.2, 0) is 51.1 Å². The van der Waals surface area contributed by atoms with Crippen molar-refractivity contribution in [2.45, 2.75) is 128 Å². The molecule has 14 heterocycles. The van der Waals surface area contributed by atoms with Gasteiger partial charge in [-0.2, -0.15) is 11.8 Å². The van der Waals surface area contributed by atoms with E-state index in [1.807, 2.05) is 134 Å². The summed E-state index contributed by atoms with van der Waals surface area (Å²) in [6.45, 7) is 18.9. The fraction of sp³-hybridized carbons (Fsp3) is 0.349. The van der Waals surface area contributed by atoms with Crippen LogP contribution in [0, 0.1) is 0 Å². The lowest BCUT2D eigenvalue weighted by Gasteiger charge is -2.37. The Bertz CT molecular complexity index is 7030. The Hall–Kier alpha value is -12.2. The second-order valence-corrected chi connectivity index (χ2v) is 40.4. The maximum atomic E-state index is 13.0. The fourth-order valence-corrected chi connectivity index (χ4v) is 22.2. The van der Waals surface area contributed by atoms with Crippen LogP contribution in [0.1, 0.15) is 195 Å². The van der Waals surface area contributed by atoms with Crippen molar-refractivity contribution >= 4 is 170 Å². The number of hydrogen-bond donors (Lipinski definition) is 8. The number of ether oxygens (including phenoxy) is 4. The number of hydrogen-bond acceptors (Lipinski definition) is 18. The van der Waals surface area contributed by atoms with Crippen LogP contribution in [0.3, 0.4) is 0 Å². The predicted octanol–water partition coefficient (Wildman–Crippen LogP) is 22.7. The van der Waals surface area contributed by atoms with E-state index in [1.54, 1.807) is 65.6 Å². The number of halogens is 5. The Labute approximate surface area is 858 Å². The standard InChI is InChI=1S/C26H29ClN4O3.C26H28ClN3O4.C24H23ClN4.C19H20BrN5O2.C14H17ClN2S/c1-3-34-26(33)31-11-10-20-21-16-19(27)8-9-22(21)28-23(20)24(31)17-4-6-18(7-5-17)25(32)30-14-12-29(2)13-15-30;1-2-33-26(32)30-12-11-20-21-14-18(27)9-10-22(21)29-23(20)24(30)16-5-7-17(8-6-16)25(31)28-15-19-4-3-13-34-19;1-15(2)16-3-5-17(6-4-16)24-23-19(20-13-18(25)7-8-21(20)28-23)9-12-29(24)22-14-26-10-11-27-22;1-3-27-19(26)25-7-6-13-14-8-12(20)4-5-15(14)24-16(13)17(25)11-9-22-18(21-2)23-10-11;1-18-7-5-13-14-10(4-6-16-13)11-8-9(15)2-3-12(11)17-14/h4-9,16,24,28H,3,10-15H2,1-2H3;5-10,14,19,24,29H,2-4,11-13,15H2,1H3,(H,28,31);3-8,10-11,13-15,24,28H,9,12H2,1-2H3;4-5,8-10,17,24H,3,6-7H2,1-2H3,(H,21,22,23);2-3,8,13,16-17H,4-7H2,1H3. The minimum absolute atomic E-state index is 0.0477. The maximum absolute atomic E-state index is 13.0. The van der Waals surface area contributed by atoms with Crippen molar-refractivity contribution in [2.75, 3.05) is 128 Å². The number of thioether (sulfide) groups is 1. The quantitative estimate of drug-likeness (QED) is 0.0393. The number of aromatic amines is 5. The smallest absolute Gasteiger partial charge is 0.410 e. The molecule has 7 aliphatic rings. The lowest BCUT2D eigenvalue weighted by Crippen LogP contribution is -2.47. The Morgan fingerprint density at radius 2 is 0.937 bits per heavy atom. The third-order valence-electron chi connectivity index (χ3n) is 27.7. The van der Waals surface area contributed by atoms with Gasteiger partial charge in [0.15, 0.2) is 0 Å². The second kappa shape index (κ2) is 45.2. The highest BCUT2D eigenvalue weighted by atomic mass is 79.9. The Balaban J connectivity index is 0.000000119. The summed E-state index contributed by atoms with van der Waals surface area (Å²) < 4.78 is 22.6. The van der Waals surface area contributed by atoms with Gasteiger partial charge in [-0.15, -0.1) is 0 Å². The molecule has 22 rings (SSSR count). The summed E-state index contributed by atoms with van der Waals surface area (Å²) in [6, 6.07) is 53.5. The van der Waals surface area contributed by atoms with E-state index < -0.39 is 0 Å². The van der Waals surface area contributed by atoms with Gasteiger partial charge in [0.05, 0.1) is 38.2 Å². The summed E-state index contributed by atoms with van der Waals surface area (Å²) in [5, 5.41) is 18.3. The Morgan fingerprint density at radius 3 is 1.39 bits per heavy atom. The van der Waals surface area contributed by atoms with Crippen molar-refractivity contribution in [3.8, 4) is 0 Å². The highest BCUT2D eigenvalue weighted by molar-refractivity contribution is 9.10. The summed E-state index contributed by atoms with van der Waals surface area (Å²) in [4.78, 5) is 111. The first-order valence-corrected chi connectivity index (χ1v) is 52.5. The SMILES string of the molecule is CC(C)c1ccc(C2c3[nH]c4ccc(Cl)cc4c3CCN2c2cnccn2)cc1.CCOC(=O)N1CCc2c([nH]c3ccc(Br)cc23)C1c1cnc(NC)nc1.CCOC(=O)N1CCc2c([nH]c3ccc(Cl)cc23)C1c1ccc(C(=O)N2CCN(C)CC2)cc1.CCOC(=O)N1CCc2c([nH]c3ccc(Cl)cc23)C1c1ccc(C(=O)NCC2CCCO2)cc1.CSCCC1NCCc2c1[nH]c1ccc(Cl)cc21. The van der Waals surface area contributed by atoms with Crippen LogP contribution in [0.4, 0.5) is 26.1 Å². The number of carbonyl (C=O) groups excluding carboxylic acids is 5. The van der Waals surface area contributed by atoms with Crippen LogP contribution in [0.25, 0.3) is 54.5 Å². The zero-order chi connectivity index (χ0) is 98.9. The highest BCUT2D eigenvalue weighted by Gasteiger charge is 2.41. The van der Waals surface area contributed by atoms with E-state index in [-0.39, 0.29) is 60.4 Å². The van der Waals surface area contributed by atoms with E-state index in [9.17, 15) is 24.0 Å². The lowest BCUT2D eigenvalue weighted by molar-refractivity contribution is 0.0663. The molecule has 0 spiro atoms. The number of fused-ring (bicyclic) bond motifs is 15. The summed E-state index contributed by atoms with van der Waals surface area (Å²) in [5.41, 5.74) is 23.7. The van der Waals surface area contributed by atoms with Crippen LogP contribution < -0.4 is 20.9 Å². The maximum Gasteiger partial charge on any atom is 0.410 e. The predicted molar refractivity (Wildman–Crippen MR) is 569 cm³/mol. The third kappa shape index (κ3) is 21.7. The number of rotatable bonds is 17. The van der Waals surface area contributed by atoms with Gasteiger partial charge in [0.25, 0.3) is 11.8 Å². The summed E-state index contributed by atoms with van der Waals surface area (Å²) in [6.07, 6.45) is 17.5. The van der Waals surface area contributed by atoms with E-state index in [4.69, 9.17) is 65.4 Å². The molecule has 142 heavy (non-hydrogen) atoms. The van der Waals surface area contributed by atoms with Gasteiger partial charge in [0, 0.05) is 228 Å². The minimum Gasteiger partial charge on any atom is -0.450 e. The molecule has 2 saturated heterocycles. The number of nitrogens with one attached hydrogen (secondary N) is 8. The van der Waals surface area contributed by atoms with Gasteiger partial charge < -0.3 is 74.5 Å². The van der Waals surface area contributed by atoms with Crippen LogP contribution in [0.5, 0.6) is 0 Å². The van der Waals surface area contributed by atoms with Gasteiger partial charge in [-0.1, -0.05) is 125 Å². The summed E-state index contributed by atoms with van der Waals surface area (Å²) in [7, 11) is 3.84. The van der Waals surface area contributed by atoms with Gasteiger partial charge in [-0.3, -0.25) is 29.3 Å². The Morgan fingerprint density at radius 1 is 0.500 bits per heavy atom. The van der Waals surface area contributed by atoms with Crippen molar-refractivity contribution in [1.82, 2.24) is 80.0 Å². The zero-order valence-electron chi connectivity index (χ0n) is 80.7. The lowest BCUT2D eigenvalue weighted by atomic mass is 9.91. The van der Waals surface area contributed by atoms with Crippen LogP contribution in [0.2, 0.25) is 20.1 Å². The molecule has 6 unspecified atom stereocenters. The van der Waals surface area contributed by atoms with Gasteiger partial charge >= 0.3 is 18.3 Å². The normalized spacial score (nSPS) is 18.1. The molecule has 0 radical (unpaired) electrons. The van der Waals surface area contributed by atoms with Crippen molar-refractivity contribution in [2.24, 2.45) is 0 Å². The molecule has 27 nitrogen and oxygen atoms in total. The van der Waals surface area contributed by atoms with Crippen molar-refractivity contribution in [1.29, 1.82) is 0 Å². The van der Waals surface area contributed by atoms with Crippen molar-refractivity contribution in [3.05, 3.63) is 315 Å². The van der Waals surface area contributed by atoms with Gasteiger partial charge in [-0.05, 0) is 269 Å². The number of carbonyl (C=O) groups is 5. The number of nitrogens with zero attached hydrogens (tertiary/aromatic N) is 10. The van der Waals surface area contributed by atoms with Crippen molar-refractivity contribution < 1.29 is 42.9 Å². The van der Waals surface area contributed by atoms with Gasteiger partial charge in [-0.25, -0.2) is 29.3 Å². The van der Waals surface area contributed by atoms with Gasteiger partial charge in [0.1, 0.15) is 23.9 Å². The number of aromatic nitrogens is 9. The molecule has 738 valence electrons. The largest absolute Gasteiger partial charge is 0.450 e. The minimum atomic E-state index is -0.353. The van der Waals surface area contributed by atoms with E-state index in [0.29, 0.717) is 97.9 Å².